The molecule has 0 atom stereocenters. The molecule has 0 aliphatic heterocycles. The van der Waals surface area contributed by atoms with Crippen molar-refractivity contribution in [3.63, 3.8) is 0 Å². The Morgan fingerprint density at radius 1 is 1.37 bits per heavy atom. The molecule has 1 rings (SSSR count). The highest BCUT2D eigenvalue weighted by Gasteiger charge is 2.22. The Balaban J connectivity index is 2.41. The molecule has 0 radical (unpaired) electrons. The van der Waals surface area contributed by atoms with Gasteiger partial charge in [-0.2, -0.15) is 0 Å². The minimum Gasteiger partial charge on any atom is -0.409 e. The molecule has 1 aromatic carbocycles. The summed E-state index contributed by atoms with van der Waals surface area (Å²) in [6.45, 7) is 3.93. The molecule has 0 amide bonds. The summed E-state index contributed by atoms with van der Waals surface area (Å²) in [6.07, 6.45) is 1.82. The summed E-state index contributed by atoms with van der Waals surface area (Å²) in [5.41, 5.74) is 5.36. The normalized spacial score (nSPS) is 12.7. The summed E-state index contributed by atoms with van der Waals surface area (Å²) in [4.78, 5) is 1.09. The molecular formula is C13H18Cl2N2OS. The van der Waals surface area contributed by atoms with Crippen LogP contribution in [0.25, 0.3) is 0 Å². The molecule has 0 fully saturated rings. The van der Waals surface area contributed by atoms with Crippen LogP contribution in [0, 0.1) is 5.41 Å². The Bertz CT molecular complexity index is 464. The standard InChI is InChI=1S/C13H18Cl2N2OS/c1-13(2,12(16)17-18)6-3-7-19-9-4-5-10(14)11(15)8-9/h4-5,8,18H,3,6-7H2,1-2H3,(H2,16,17). The first-order valence-electron chi connectivity index (χ1n) is 5.92. The summed E-state index contributed by atoms with van der Waals surface area (Å²) in [5.74, 6) is 1.21. The molecule has 0 saturated carbocycles. The van der Waals surface area contributed by atoms with E-state index in [4.69, 9.17) is 34.1 Å². The van der Waals surface area contributed by atoms with Gasteiger partial charge in [0.05, 0.1) is 10.0 Å². The summed E-state index contributed by atoms with van der Waals surface area (Å²) >= 11 is 13.5. The fourth-order valence-corrected chi connectivity index (χ4v) is 2.79. The summed E-state index contributed by atoms with van der Waals surface area (Å²) in [6, 6.07) is 5.61. The number of hydrogen-bond donors (Lipinski definition) is 2. The van der Waals surface area contributed by atoms with Crippen LogP contribution in [0.3, 0.4) is 0 Å². The van der Waals surface area contributed by atoms with Gasteiger partial charge in [-0.25, -0.2) is 0 Å². The topological polar surface area (TPSA) is 58.6 Å². The van der Waals surface area contributed by atoms with Crippen LogP contribution in [0.1, 0.15) is 26.7 Å². The number of rotatable bonds is 6. The number of thioether (sulfide) groups is 1. The van der Waals surface area contributed by atoms with Crippen molar-refractivity contribution in [2.45, 2.75) is 31.6 Å². The lowest BCUT2D eigenvalue weighted by Crippen LogP contribution is -2.31. The average Bonchev–Trinajstić information content (AvgIpc) is 2.37. The van der Waals surface area contributed by atoms with Crippen molar-refractivity contribution >= 4 is 40.8 Å². The van der Waals surface area contributed by atoms with E-state index in [1.54, 1.807) is 17.8 Å². The molecule has 0 saturated heterocycles. The first-order valence-corrected chi connectivity index (χ1v) is 7.67. The largest absolute Gasteiger partial charge is 0.409 e. The quantitative estimate of drug-likeness (QED) is 0.200. The lowest BCUT2D eigenvalue weighted by atomic mass is 9.87. The molecule has 0 heterocycles. The number of amidine groups is 1. The van der Waals surface area contributed by atoms with Gasteiger partial charge in [-0.05, 0) is 36.8 Å². The van der Waals surface area contributed by atoms with Crippen molar-refractivity contribution in [3.05, 3.63) is 28.2 Å². The Kier molecular flexibility index (Phi) is 6.30. The molecule has 3 N–H and O–H groups in total. The van der Waals surface area contributed by atoms with Gasteiger partial charge >= 0.3 is 0 Å². The van der Waals surface area contributed by atoms with Crippen molar-refractivity contribution in [2.24, 2.45) is 16.3 Å². The van der Waals surface area contributed by atoms with E-state index in [1.165, 1.54) is 0 Å². The number of hydrogen-bond acceptors (Lipinski definition) is 3. The molecular weight excluding hydrogens is 303 g/mol. The van der Waals surface area contributed by atoms with Gasteiger partial charge in [0.2, 0.25) is 0 Å². The zero-order chi connectivity index (χ0) is 14.5. The Morgan fingerprint density at radius 3 is 2.63 bits per heavy atom. The van der Waals surface area contributed by atoms with E-state index < -0.39 is 0 Å². The van der Waals surface area contributed by atoms with Gasteiger partial charge in [0.15, 0.2) is 0 Å². The van der Waals surface area contributed by atoms with Crippen molar-refractivity contribution in [1.29, 1.82) is 0 Å². The van der Waals surface area contributed by atoms with E-state index in [-0.39, 0.29) is 11.3 Å². The predicted octanol–water partition coefficient (Wildman–Crippen LogP) is 4.64. The van der Waals surface area contributed by atoms with Crippen LogP contribution in [0.15, 0.2) is 28.3 Å². The maximum absolute atomic E-state index is 8.69. The summed E-state index contributed by atoms with van der Waals surface area (Å²) in [7, 11) is 0. The van der Waals surface area contributed by atoms with Gasteiger partial charge in [0.1, 0.15) is 5.84 Å². The first-order chi connectivity index (χ1) is 8.86. The second-order valence-electron chi connectivity index (χ2n) is 4.90. The van der Waals surface area contributed by atoms with Gasteiger partial charge in [-0.1, -0.05) is 42.2 Å². The van der Waals surface area contributed by atoms with E-state index in [1.807, 2.05) is 26.0 Å². The van der Waals surface area contributed by atoms with Gasteiger partial charge in [-0.3, -0.25) is 0 Å². The van der Waals surface area contributed by atoms with Gasteiger partial charge in [0.25, 0.3) is 0 Å². The van der Waals surface area contributed by atoms with Gasteiger partial charge in [-0.15, -0.1) is 11.8 Å². The van der Waals surface area contributed by atoms with E-state index >= 15 is 0 Å². The highest BCUT2D eigenvalue weighted by Crippen LogP contribution is 2.30. The lowest BCUT2D eigenvalue weighted by molar-refractivity contribution is 0.305. The van der Waals surface area contributed by atoms with Crippen LogP contribution in [0.5, 0.6) is 0 Å². The Labute approximate surface area is 128 Å². The molecule has 0 aromatic heterocycles. The average molecular weight is 321 g/mol. The minimum atomic E-state index is -0.285. The molecule has 0 spiro atoms. The number of nitrogens with zero attached hydrogens (tertiary/aromatic N) is 1. The van der Waals surface area contributed by atoms with Crippen LogP contribution in [0.4, 0.5) is 0 Å². The van der Waals surface area contributed by atoms with Crippen LogP contribution in [-0.4, -0.2) is 16.8 Å². The molecule has 3 nitrogen and oxygen atoms in total. The molecule has 19 heavy (non-hydrogen) atoms. The van der Waals surface area contributed by atoms with Crippen molar-refractivity contribution in [1.82, 2.24) is 0 Å². The van der Waals surface area contributed by atoms with Crippen molar-refractivity contribution in [2.75, 3.05) is 5.75 Å². The fourth-order valence-electron chi connectivity index (χ4n) is 1.53. The van der Waals surface area contributed by atoms with Crippen molar-refractivity contribution in [3.8, 4) is 0 Å². The number of nitrogens with two attached hydrogens (primary N) is 1. The van der Waals surface area contributed by atoms with E-state index in [2.05, 4.69) is 5.16 Å². The molecule has 0 unspecified atom stereocenters. The third-order valence-electron chi connectivity index (χ3n) is 2.91. The lowest BCUT2D eigenvalue weighted by Gasteiger charge is -2.22. The molecule has 106 valence electrons. The van der Waals surface area contributed by atoms with Gasteiger partial charge < -0.3 is 10.9 Å². The second-order valence-corrected chi connectivity index (χ2v) is 6.88. The summed E-state index contributed by atoms with van der Waals surface area (Å²) < 4.78 is 0. The van der Waals surface area contributed by atoms with Crippen LogP contribution >= 0.6 is 35.0 Å². The molecule has 1 aromatic rings. The van der Waals surface area contributed by atoms with E-state index in [0.29, 0.717) is 10.0 Å². The Hall–Kier alpha value is -0.580. The highest BCUT2D eigenvalue weighted by atomic mass is 35.5. The van der Waals surface area contributed by atoms with Crippen LogP contribution in [0.2, 0.25) is 10.0 Å². The zero-order valence-corrected chi connectivity index (χ0v) is 13.3. The smallest absolute Gasteiger partial charge is 0.144 e. The highest BCUT2D eigenvalue weighted by molar-refractivity contribution is 7.99. The molecule has 0 bridgehead atoms. The molecule has 0 aliphatic rings. The monoisotopic (exact) mass is 320 g/mol. The van der Waals surface area contributed by atoms with Crippen molar-refractivity contribution < 1.29 is 5.21 Å². The first kappa shape index (κ1) is 16.5. The Morgan fingerprint density at radius 2 is 2.05 bits per heavy atom. The number of benzene rings is 1. The SMILES string of the molecule is CC(C)(CCCSc1ccc(Cl)c(Cl)c1)C(N)=NO. The maximum Gasteiger partial charge on any atom is 0.144 e. The van der Waals surface area contributed by atoms with Gasteiger partial charge in [0, 0.05) is 10.3 Å². The zero-order valence-electron chi connectivity index (χ0n) is 11.0. The van der Waals surface area contributed by atoms with Crippen LogP contribution in [-0.2, 0) is 0 Å². The summed E-state index contributed by atoms with van der Waals surface area (Å²) in [5, 5.41) is 12.9. The predicted molar refractivity (Wildman–Crippen MR) is 83.6 cm³/mol. The van der Waals surface area contributed by atoms with E-state index in [9.17, 15) is 0 Å². The molecule has 0 aliphatic carbocycles. The third kappa shape index (κ3) is 5.13. The maximum atomic E-state index is 8.69. The van der Waals surface area contributed by atoms with E-state index in [0.717, 1.165) is 23.5 Å². The second kappa shape index (κ2) is 7.27. The molecule has 6 heteroatoms. The van der Waals surface area contributed by atoms with Crippen LogP contribution < -0.4 is 5.73 Å². The fraction of sp³-hybridized carbons (Fsp3) is 0.462. The number of halogens is 2. The number of oxime groups is 1. The third-order valence-corrected chi connectivity index (χ3v) is 4.73. The minimum absolute atomic E-state index is 0.270.